The summed E-state index contributed by atoms with van der Waals surface area (Å²) in [5, 5.41) is 8.47. The van der Waals surface area contributed by atoms with Crippen LogP contribution in [-0.2, 0) is 11.2 Å². The van der Waals surface area contributed by atoms with Crippen LogP contribution in [0.25, 0.3) is 0 Å². The summed E-state index contributed by atoms with van der Waals surface area (Å²) in [5.74, 6) is -3.09. The first-order valence-corrected chi connectivity index (χ1v) is 4.62. The number of ether oxygens (including phenoxy) is 1. The number of hydrogen-bond acceptors (Lipinski definition) is 3. The zero-order valence-corrected chi connectivity index (χ0v) is 8.92. The van der Waals surface area contributed by atoms with E-state index in [4.69, 9.17) is 5.11 Å². The molecular weight excluding hydrogens is 281 g/mol. The number of aliphatic carboxylic acids is 1. The molecule has 10 heteroatoms. The van der Waals surface area contributed by atoms with Crippen LogP contribution in [0.4, 0.5) is 22.0 Å². The van der Waals surface area contributed by atoms with Crippen LogP contribution in [0.2, 0.25) is 0 Å². The van der Waals surface area contributed by atoms with Gasteiger partial charge >= 0.3 is 12.3 Å². The number of nitrogens with one attached hydrogen (secondary N) is 1. The molecule has 19 heavy (non-hydrogen) atoms. The first kappa shape index (κ1) is 14.9. The Morgan fingerprint density at radius 1 is 1.42 bits per heavy atom. The number of hydrogen-bond donors (Lipinski definition) is 2. The Kier molecular flexibility index (Phi) is 4.12. The summed E-state index contributed by atoms with van der Waals surface area (Å²) in [6.07, 6.45) is -9.77. The molecule has 5 nitrogen and oxygen atoms in total. The van der Waals surface area contributed by atoms with Crippen molar-refractivity contribution in [2.24, 2.45) is 0 Å². The second kappa shape index (κ2) is 5.24. The first-order chi connectivity index (χ1) is 8.60. The Bertz CT molecular complexity index is 536. The lowest BCUT2D eigenvalue weighted by Gasteiger charge is -2.14. The van der Waals surface area contributed by atoms with E-state index in [1.807, 2.05) is 0 Å². The van der Waals surface area contributed by atoms with Gasteiger partial charge in [-0.15, -0.1) is 13.2 Å². The minimum Gasteiger partial charge on any atom is -0.481 e. The van der Waals surface area contributed by atoms with E-state index < -0.39 is 47.7 Å². The van der Waals surface area contributed by atoms with Gasteiger partial charge in [0.2, 0.25) is 5.88 Å². The van der Waals surface area contributed by atoms with E-state index in [2.05, 4.69) is 4.74 Å². The van der Waals surface area contributed by atoms with Gasteiger partial charge in [-0.2, -0.15) is 0 Å². The molecule has 0 atom stereocenters. The summed E-state index contributed by atoms with van der Waals surface area (Å²) in [6, 6.07) is 0.485. The van der Waals surface area contributed by atoms with Gasteiger partial charge in [-0.3, -0.25) is 14.6 Å². The summed E-state index contributed by atoms with van der Waals surface area (Å²) in [4.78, 5) is 22.9. The molecule has 0 amide bonds. The molecule has 0 aromatic carbocycles. The minimum atomic E-state index is -5.30. The summed E-state index contributed by atoms with van der Waals surface area (Å²) in [5.41, 5.74) is -3.23. The van der Waals surface area contributed by atoms with Crippen LogP contribution in [0.1, 0.15) is 17.6 Å². The van der Waals surface area contributed by atoms with E-state index in [0.717, 1.165) is 0 Å². The topological polar surface area (TPSA) is 79.4 Å². The summed E-state index contributed by atoms with van der Waals surface area (Å²) in [7, 11) is 0. The monoisotopic (exact) mass is 287 g/mol. The van der Waals surface area contributed by atoms with E-state index >= 15 is 0 Å². The smallest absolute Gasteiger partial charge is 0.481 e. The number of alkyl halides is 5. The average Bonchev–Trinajstić information content (AvgIpc) is 2.10. The summed E-state index contributed by atoms with van der Waals surface area (Å²) in [6.45, 7) is 0. The van der Waals surface area contributed by atoms with E-state index in [9.17, 15) is 31.5 Å². The van der Waals surface area contributed by atoms with Gasteiger partial charge in [0.1, 0.15) is 0 Å². The highest BCUT2D eigenvalue weighted by Crippen LogP contribution is 2.33. The predicted octanol–water partition coefficient (Wildman–Crippen LogP) is 1.84. The van der Waals surface area contributed by atoms with Crippen LogP contribution in [0.15, 0.2) is 10.9 Å². The largest absolute Gasteiger partial charge is 0.574 e. The molecule has 0 spiro atoms. The van der Waals surface area contributed by atoms with Crippen molar-refractivity contribution in [3.05, 3.63) is 27.5 Å². The highest BCUT2D eigenvalue weighted by atomic mass is 19.4. The highest BCUT2D eigenvalue weighted by molar-refractivity contribution is 5.71. The zero-order valence-electron chi connectivity index (χ0n) is 8.92. The van der Waals surface area contributed by atoms with Crippen LogP contribution in [0, 0.1) is 0 Å². The van der Waals surface area contributed by atoms with Crippen molar-refractivity contribution in [3.63, 3.8) is 0 Å². The number of aromatic amines is 1. The molecule has 1 aromatic heterocycles. The van der Waals surface area contributed by atoms with E-state index in [-0.39, 0.29) is 0 Å². The molecule has 0 unspecified atom stereocenters. The molecule has 2 N–H and O–H groups in total. The molecule has 0 fully saturated rings. The standard InChI is InChI=1S/C9H6F5NO4/c10-7(11)6-3(2-5(17)18)1-4(16)15-8(6)19-9(12,13)14/h1,7H,2H2,(H,15,16)(H,17,18). The maximum Gasteiger partial charge on any atom is 0.574 e. The molecule has 0 aliphatic heterocycles. The van der Waals surface area contributed by atoms with Crippen molar-refractivity contribution < 1.29 is 36.6 Å². The number of carboxylic acids is 1. The molecule has 106 valence electrons. The maximum atomic E-state index is 12.7. The molecule has 1 heterocycles. The van der Waals surface area contributed by atoms with Gasteiger partial charge in [0, 0.05) is 6.07 Å². The Morgan fingerprint density at radius 3 is 2.42 bits per heavy atom. The lowest BCUT2D eigenvalue weighted by atomic mass is 10.1. The molecule has 1 aromatic rings. The average molecular weight is 287 g/mol. The Balaban J connectivity index is 3.40. The molecule has 0 saturated heterocycles. The van der Waals surface area contributed by atoms with Crippen LogP contribution in [-0.4, -0.2) is 22.4 Å². The normalized spacial score (nSPS) is 11.7. The van der Waals surface area contributed by atoms with Crippen molar-refractivity contribution in [2.45, 2.75) is 19.2 Å². The molecule has 1 rings (SSSR count). The van der Waals surface area contributed by atoms with Gasteiger partial charge in [0.05, 0.1) is 12.0 Å². The van der Waals surface area contributed by atoms with E-state index in [1.165, 1.54) is 4.98 Å². The van der Waals surface area contributed by atoms with Crippen LogP contribution >= 0.6 is 0 Å². The fraction of sp³-hybridized carbons (Fsp3) is 0.333. The number of aromatic nitrogens is 1. The fourth-order valence-electron chi connectivity index (χ4n) is 1.34. The molecule has 0 aliphatic carbocycles. The van der Waals surface area contributed by atoms with Crippen LogP contribution in [0.3, 0.4) is 0 Å². The van der Waals surface area contributed by atoms with Crippen molar-refractivity contribution in [2.75, 3.05) is 0 Å². The fourth-order valence-corrected chi connectivity index (χ4v) is 1.34. The first-order valence-electron chi connectivity index (χ1n) is 4.62. The Morgan fingerprint density at radius 2 is 2.00 bits per heavy atom. The molecule has 0 saturated carbocycles. The number of halogens is 5. The summed E-state index contributed by atoms with van der Waals surface area (Å²) >= 11 is 0. The number of rotatable bonds is 4. The highest BCUT2D eigenvalue weighted by Gasteiger charge is 2.35. The Hall–Kier alpha value is -2.13. The number of H-pyrrole nitrogens is 1. The second-order valence-electron chi connectivity index (χ2n) is 3.32. The lowest BCUT2D eigenvalue weighted by molar-refractivity contribution is -0.276. The minimum absolute atomic E-state index is 0.485. The van der Waals surface area contributed by atoms with Crippen molar-refractivity contribution in [3.8, 4) is 5.88 Å². The third-order valence-electron chi connectivity index (χ3n) is 1.91. The maximum absolute atomic E-state index is 12.7. The van der Waals surface area contributed by atoms with Gasteiger partial charge in [-0.25, -0.2) is 8.78 Å². The molecule has 0 radical (unpaired) electrons. The number of pyridine rings is 1. The van der Waals surface area contributed by atoms with E-state index in [1.54, 1.807) is 0 Å². The summed E-state index contributed by atoms with van der Waals surface area (Å²) < 4.78 is 64.7. The third-order valence-corrected chi connectivity index (χ3v) is 1.91. The van der Waals surface area contributed by atoms with Crippen molar-refractivity contribution in [1.82, 2.24) is 4.98 Å². The van der Waals surface area contributed by atoms with Crippen molar-refractivity contribution >= 4 is 5.97 Å². The second-order valence-corrected chi connectivity index (χ2v) is 3.32. The van der Waals surface area contributed by atoms with Gasteiger partial charge in [0.15, 0.2) is 0 Å². The van der Waals surface area contributed by atoms with Crippen LogP contribution in [0.5, 0.6) is 5.88 Å². The van der Waals surface area contributed by atoms with Crippen molar-refractivity contribution in [1.29, 1.82) is 0 Å². The van der Waals surface area contributed by atoms with Gasteiger partial charge < -0.3 is 9.84 Å². The Labute approximate surface area is 101 Å². The number of carbonyl (C=O) groups is 1. The number of carboxylic acid groups (broad SMARTS) is 1. The molecule has 0 aliphatic rings. The molecule has 0 bridgehead atoms. The van der Waals surface area contributed by atoms with Gasteiger partial charge in [-0.1, -0.05) is 0 Å². The third kappa shape index (κ3) is 4.23. The van der Waals surface area contributed by atoms with Gasteiger partial charge in [0.25, 0.3) is 12.0 Å². The van der Waals surface area contributed by atoms with Crippen LogP contribution < -0.4 is 10.3 Å². The van der Waals surface area contributed by atoms with Gasteiger partial charge in [-0.05, 0) is 5.56 Å². The molecular formula is C9H6F5NO4. The zero-order chi connectivity index (χ0) is 14.8. The lowest BCUT2D eigenvalue weighted by Crippen LogP contribution is -2.23. The van der Waals surface area contributed by atoms with E-state index in [0.29, 0.717) is 6.07 Å². The SMILES string of the molecule is O=C(O)Cc1cc(=O)[nH]c(OC(F)(F)F)c1C(F)F. The quantitative estimate of drug-likeness (QED) is 0.828. The predicted molar refractivity (Wildman–Crippen MR) is 50.0 cm³/mol.